The second-order valence-electron chi connectivity index (χ2n) is 16.2. The molecule has 3 aliphatic rings. The van der Waals surface area contributed by atoms with Gasteiger partial charge in [-0.15, -0.1) is 0 Å². The fourth-order valence-corrected chi connectivity index (χ4v) is 11.3. The van der Waals surface area contributed by atoms with Gasteiger partial charge in [0.1, 0.15) is 6.04 Å². The molecule has 9 rings (SSSR count). The minimum atomic E-state index is -4.08. The van der Waals surface area contributed by atoms with E-state index in [1.165, 1.54) is 87.0 Å². The van der Waals surface area contributed by atoms with Crippen molar-refractivity contribution in [1.82, 2.24) is 14.5 Å². The summed E-state index contributed by atoms with van der Waals surface area (Å²) >= 11 is 0. The van der Waals surface area contributed by atoms with Crippen LogP contribution in [0.1, 0.15) is 72.3 Å². The number of aryl methyl sites for hydroxylation is 1. The average molecular weight is 794 g/mol. The average Bonchev–Trinajstić information content (AvgIpc) is 3.26. The van der Waals surface area contributed by atoms with Gasteiger partial charge in [-0.05, 0) is 118 Å². The first-order valence-electron chi connectivity index (χ1n) is 20.9. The molecule has 6 aromatic rings. The van der Waals surface area contributed by atoms with E-state index in [9.17, 15) is 18.0 Å². The van der Waals surface area contributed by atoms with Gasteiger partial charge in [-0.3, -0.25) is 9.59 Å². The van der Waals surface area contributed by atoms with E-state index in [-0.39, 0.29) is 36.9 Å². The third kappa shape index (κ3) is 7.28. The van der Waals surface area contributed by atoms with Crippen molar-refractivity contribution in [3.63, 3.8) is 0 Å². The number of rotatable bonds is 10. The Morgan fingerprint density at radius 3 is 2.29 bits per heavy atom. The quantitative estimate of drug-likeness (QED) is 0.123. The van der Waals surface area contributed by atoms with Crippen molar-refractivity contribution in [3.05, 3.63) is 131 Å². The molecule has 2 heterocycles. The van der Waals surface area contributed by atoms with Crippen LogP contribution in [-0.2, 0) is 39.0 Å². The van der Waals surface area contributed by atoms with Gasteiger partial charge < -0.3 is 21.3 Å². The molecule has 2 saturated heterocycles. The molecular formula is C48H51N5O4S. The summed E-state index contributed by atoms with van der Waals surface area (Å²) in [6, 6.07) is 33.3. The van der Waals surface area contributed by atoms with E-state index >= 15 is 0 Å². The Kier molecular flexibility index (Phi) is 10.8. The number of hydrogen-bond acceptors (Lipinski definition) is 6. The number of hydrogen-bond donors (Lipinski definition) is 3. The topological polar surface area (TPSA) is 125 Å². The molecule has 2 atom stereocenters. The van der Waals surface area contributed by atoms with Gasteiger partial charge in [0.15, 0.2) is 0 Å². The monoisotopic (exact) mass is 793 g/mol. The van der Waals surface area contributed by atoms with Gasteiger partial charge in [0.25, 0.3) is 0 Å². The first-order valence-corrected chi connectivity index (χ1v) is 22.3. The number of likely N-dealkylation sites (tertiary alicyclic amines) is 1. The molecule has 2 aliphatic heterocycles. The van der Waals surface area contributed by atoms with E-state index in [4.69, 9.17) is 5.73 Å². The maximum Gasteiger partial charge on any atom is 0.243 e. The molecule has 1 aliphatic carbocycles. The lowest BCUT2D eigenvalue weighted by Gasteiger charge is -2.34. The number of piperazine rings is 1. The molecule has 9 nitrogen and oxygen atoms in total. The van der Waals surface area contributed by atoms with Crippen molar-refractivity contribution in [3.8, 4) is 0 Å². The van der Waals surface area contributed by atoms with Crippen molar-refractivity contribution < 1.29 is 18.0 Å². The van der Waals surface area contributed by atoms with Gasteiger partial charge in [-0.25, -0.2) is 8.42 Å². The summed E-state index contributed by atoms with van der Waals surface area (Å²) in [6.07, 6.45) is 7.51. The molecule has 58 heavy (non-hydrogen) atoms. The third-order valence-corrected chi connectivity index (χ3v) is 14.7. The fourth-order valence-electron chi connectivity index (χ4n) is 9.76. The zero-order valence-corrected chi connectivity index (χ0v) is 33.7. The summed E-state index contributed by atoms with van der Waals surface area (Å²) in [4.78, 5) is 30.3. The molecule has 0 bridgehead atoms. The van der Waals surface area contributed by atoms with Crippen LogP contribution in [0.2, 0.25) is 0 Å². The Balaban J connectivity index is 1.06. The van der Waals surface area contributed by atoms with Gasteiger partial charge in [0, 0.05) is 37.5 Å². The van der Waals surface area contributed by atoms with Crippen LogP contribution in [-0.4, -0.2) is 68.2 Å². The number of nitrogens with two attached hydrogens (primary N) is 1. The maximum absolute atomic E-state index is 14.2. The van der Waals surface area contributed by atoms with Crippen molar-refractivity contribution >= 4 is 59.8 Å². The number of benzene rings is 6. The summed E-state index contributed by atoms with van der Waals surface area (Å²) in [7, 11) is -4.08. The number of nitrogens with zero attached hydrogens (tertiary/aromatic N) is 2. The molecule has 0 aromatic heterocycles. The Bertz CT molecular complexity index is 2640. The van der Waals surface area contributed by atoms with Gasteiger partial charge in [0.2, 0.25) is 21.8 Å². The fraction of sp³-hybridized carbons (Fsp3) is 0.333. The minimum Gasteiger partial charge on any atom is -0.353 e. The Labute approximate surface area is 340 Å². The van der Waals surface area contributed by atoms with Crippen LogP contribution in [0.4, 0.5) is 5.69 Å². The highest BCUT2D eigenvalue weighted by atomic mass is 32.2. The zero-order valence-electron chi connectivity index (χ0n) is 32.9. The summed E-state index contributed by atoms with van der Waals surface area (Å²) in [6.45, 7) is 3.94. The van der Waals surface area contributed by atoms with Crippen LogP contribution in [0.3, 0.4) is 0 Å². The van der Waals surface area contributed by atoms with E-state index in [2.05, 4.69) is 70.1 Å². The van der Waals surface area contributed by atoms with Crippen LogP contribution in [0.15, 0.2) is 108 Å². The van der Waals surface area contributed by atoms with E-state index in [1.54, 1.807) is 12.1 Å². The number of piperidine rings is 1. The van der Waals surface area contributed by atoms with Crippen LogP contribution < -0.4 is 16.4 Å². The minimum absolute atomic E-state index is 0.0303. The lowest BCUT2D eigenvalue weighted by atomic mass is 9.75. The van der Waals surface area contributed by atoms with Crippen LogP contribution >= 0.6 is 0 Å². The normalized spacial score (nSPS) is 19.3. The van der Waals surface area contributed by atoms with Crippen LogP contribution in [0.25, 0.3) is 32.3 Å². The van der Waals surface area contributed by atoms with Crippen LogP contribution in [0, 0.1) is 0 Å². The summed E-state index contributed by atoms with van der Waals surface area (Å²) in [5.74, 6) is -0.877. The number of fused-ring (bicyclic) bond motifs is 6. The van der Waals surface area contributed by atoms with Gasteiger partial charge in [-0.2, -0.15) is 4.31 Å². The van der Waals surface area contributed by atoms with Gasteiger partial charge >= 0.3 is 0 Å². The van der Waals surface area contributed by atoms with Crippen molar-refractivity contribution in [2.75, 3.05) is 38.0 Å². The highest BCUT2D eigenvalue weighted by Gasteiger charge is 2.40. The Morgan fingerprint density at radius 2 is 1.50 bits per heavy atom. The Hall–Kier alpha value is -5.13. The molecule has 2 amide bonds. The van der Waals surface area contributed by atoms with E-state index in [0.29, 0.717) is 5.69 Å². The molecule has 10 heteroatoms. The lowest BCUT2D eigenvalue weighted by molar-refractivity contribution is -0.130. The van der Waals surface area contributed by atoms with E-state index < -0.39 is 27.9 Å². The first-order chi connectivity index (χ1) is 28.3. The van der Waals surface area contributed by atoms with Gasteiger partial charge in [-0.1, -0.05) is 97.4 Å². The number of nitrogens with one attached hydrogen (secondary N) is 2. The molecule has 2 fully saturated rings. The number of sulfonamides is 1. The molecule has 0 saturated carbocycles. The predicted octanol–water partition coefficient (Wildman–Crippen LogP) is 7.62. The maximum atomic E-state index is 14.2. The summed E-state index contributed by atoms with van der Waals surface area (Å²) in [5.41, 5.74) is 12.3. The number of amides is 2. The predicted molar refractivity (Wildman–Crippen MR) is 232 cm³/mol. The van der Waals surface area contributed by atoms with E-state index in [1.807, 2.05) is 24.3 Å². The molecular weight excluding hydrogens is 743 g/mol. The summed E-state index contributed by atoms with van der Waals surface area (Å²) in [5, 5.41) is 13.2. The largest absolute Gasteiger partial charge is 0.353 e. The summed E-state index contributed by atoms with van der Waals surface area (Å²) < 4.78 is 29.0. The molecule has 0 spiro atoms. The second-order valence-corrected chi connectivity index (χ2v) is 18.1. The second kappa shape index (κ2) is 16.3. The van der Waals surface area contributed by atoms with Crippen molar-refractivity contribution in [1.29, 1.82) is 0 Å². The van der Waals surface area contributed by atoms with Crippen molar-refractivity contribution in [2.24, 2.45) is 5.73 Å². The molecule has 4 N–H and O–H groups in total. The third-order valence-electron chi connectivity index (χ3n) is 12.7. The SMILES string of the molecule is NCc1ccc(S(=O)(=O)N2CCNC(=O)[C@H]2CC(=O)Nc2c([C@@H]3CCCc4c3ccc3c4cc(CCN4CCCCC4)c4ccccc43)ccc3ccccc23)cc1. The molecule has 298 valence electrons. The smallest absolute Gasteiger partial charge is 0.243 e. The Morgan fingerprint density at radius 1 is 0.776 bits per heavy atom. The lowest BCUT2D eigenvalue weighted by Crippen LogP contribution is -2.57. The first kappa shape index (κ1) is 38.4. The zero-order chi connectivity index (χ0) is 39.8. The number of anilines is 1. The molecule has 0 radical (unpaired) electrons. The standard InChI is InChI=1S/C48H51N5O4S/c49-31-32-15-18-35(19-16-32)58(56,57)53-28-24-50-48(55)45(53)30-46(54)51-47-37-11-3-2-9-33(37)17-20-43(47)39-13-8-14-40-41(39)21-22-42-38-12-5-4-10-36(38)34(29-44(40)42)23-27-52-25-6-1-7-26-52/h2-5,9-12,15-22,29,39,45H,1,6-8,13-14,23-28,30-31,49H2,(H,50,55)(H,51,54)/t39-,45-/m1/s1. The van der Waals surface area contributed by atoms with E-state index in [0.717, 1.165) is 54.1 Å². The van der Waals surface area contributed by atoms with Crippen molar-refractivity contribution in [2.45, 2.75) is 74.8 Å². The number of carbonyl (C=O) groups is 2. The van der Waals surface area contributed by atoms with Crippen LogP contribution in [0.5, 0.6) is 0 Å². The highest BCUT2D eigenvalue weighted by Crippen LogP contribution is 2.45. The van der Waals surface area contributed by atoms with Gasteiger partial charge in [0.05, 0.1) is 17.0 Å². The molecule has 0 unspecified atom stereocenters. The molecule has 6 aromatic carbocycles. The number of carbonyl (C=O) groups excluding carboxylic acids is 2. The highest BCUT2D eigenvalue weighted by molar-refractivity contribution is 7.89.